The van der Waals surface area contributed by atoms with E-state index in [4.69, 9.17) is 9.47 Å². The van der Waals surface area contributed by atoms with Crippen molar-refractivity contribution in [3.05, 3.63) is 0 Å². The van der Waals surface area contributed by atoms with Crippen molar-refractivity contribution < 1.29 is 39.8 Å². The number of carbonyl (C=O) groups excluding carboxylic acids is 1. The van der Waals surface area contributed by atoms with Gasteiger partial charge in [0.15, 0.2) is 6.29 Å². The highest BCUT2D eigenvalue weighted by molar-refractivity contribution is 5.75. The number of ether oxygens (including phenoxy) is 2. The Morgan fingerprint density at radius 1 is 0.882 bits per heavy atom. The molecule has 1 rings (SSSR count). The van der Waals surface area contributed by atoms with Crippen LogP contribution in [0.25, 0.3) is 0 Å². The number of unbranched alkanes of at least 4 members (excludes halogenated alkanes) is 10. The Bertz CT molecular complexity index is 521. The molecule has 34 heavy (non-hydrogen) atoms. The van der Waals surface area contributed by atoms with Gasteiger partial charge in [-0.15, -0.1) is 0 Å². The summed E-state index contributed by atoms with van der Waals surface area (Å²) in [5, 5.41) is 52.6. The Kier molecular flexibility index (Phi) is 16.9. The van der Waals surface area contributed by atoms with Crippen molar-refractivity contribution in [3.8, 4) is 0 Å². The van der Waals surface area contributed by atoms with Crippen molar-refractivity contribution in [1.82, 2.24) is 5.32 Å². The number of aliphatic hydroxyl groups excluding tert-OH is 5. The third-order valence-corrected chi connectivity index (χ3v) is 6.52. The average Bonchev–Trinajstić information content (AvgIpc) is 2.84. The fourth-order valence-electron chi connectivity index (χ4n) is 4.18. The number of carbonyl (C=O) groups is 1. The molecule has 6 N–H and O–H groups in total. The van der Waals surface area contributed by atoms with Crippen molar-refractivity contribution in [2.45, 2.75) is 140 Å². The van der Waals surface area contributed by atoms with Gasteiger partial charge >= 0.3 is 0 Å². The van der Waals surface area contributed by atoms with E-state index < -0.39 is 49.5 Å². The lowest BCUT2D eigenvalue weighted by Gasteiger charge is -2.40. The molecule has 0 saturated carbocycles. The topological polar surface area (TPSA) is 149 Å². The lowest BCUT2D eigenvalue weighted by molar-refractivity contribution is -0.302. The van der Waals surface area contributed by atoms with Gasteiger partial charge < -0.3 is 40.3 Å². The molecule has 0 aliphatic carbocycles. The van der Waals surface area contributed by atoms with Crippen LogP contribution in [-0.4, -0.2) is 87.5 Å². The van der Waals surface area contributed by atoms with Gasteiger partial charge in [0.2, 0.25) is 5.91 Å². The lowest BCUT2D eigenvalue weighted by atomic mass is 9.99. The molecular formula is C25H49NO8. The molecule has 0 radical (unpaired) electrons. The van der Waals surface area contributed by atoms with Gasteiger partial charge in [0.1, 0.15) is 24.4 Å². The van der Waals surface area contributed by atoms with Gasteiger partial charge in [0.25, 0.3) is 0 Å². The van der Waals surface area contributed by atoms with E-state index in [0.29, 0.717) is 6.42 Å². The Morgan fingerprint density at radius 3 is 1.97 bits per heavy atom. The second kappa shape index (κ2) is 18.5. The van der Waals surface area contributed by atoms with Crippen LogP contribution in [0.3, 0.4) is 0 Å². The largest absolute Gasteiger partial charge is 0.394 e. The number of hydrogen-bond acceptors (Lipinski definition) is 8. The summed E-state index contributed by atoms with van der Waals surface area (Å²) in [6.45, 7) is 3.24. The third kappa shape index (κ3) is 11.7. The SMILES string of the molecule is CCCCCCCCCCCCCC(O)C(COC1OC(CO)C(O)C(O)C1O)NC(=O)CC. The third-order valence-electron chi connectivity index (χ3n) is 6.52. The summed E-state index contributed by atoms with van der Waals surface area (Å²) in [5.74, 6) is -0.236. The van der Waals surface area contributed by atoms with Gasteiger partial charge in [-0.2, -0.15) is 0 Å². The van der Waals surface area contributed by atoms with E-state index in [1.165, 1.54) is 51.4 Å². The van der Waals surface area contributed by atoms with Gasteiger partial charge in [0, 0.05) is 6.42 Å². The van der Waals surface area contributed by atoms with Crippen LogP contribution in [0.5, 0.6) is 0 Å². The second-order valence-electron chi connectivity index (χ2n) is 9.45. The van der Waals surface area contributed by atoms with Crippen LogP contribution in [0.2, 0.25) is 0 Å². The molecular weight excluding hydrogens is 442 g/mol. The van der Waals surface area contributed by atoms with E-state index in [-0.39, 0.29) is 18.9 Å². The summed E-state index contributed by atoms with van der Waals surface area (Å²) in [6.07, 6.45) is 6.27. The Morgan fingerprint density at radius 2 is 1.44 bits per heavy atom. The summed E-state index contributed by atoms with van der Waals surface area (Å²) in [6, 6.07) is -0.706. The zero-order valence-electron chi connectivity index (χ0n) is 21.1. The van der Waals surface area contributed by atoms with E-state index >= 15 is 0 Å². The Balaban J connectivity index is 2.37. The number of aliphatic hydroxyl groups is 5. The minimum absolute atomic E-state index is 0.145. The molecule has 7 unspecified atom stereocenters. The van der Waals surface area contributed by atoms with Crippen LogP contribution in [0, 0.1) is 0 Å². The number of rotatable bonds is 19. The van der Waals surface area contributed by atoms with E-state index in [1.54, 1.807) is 6.92 Å². The average molecular weight is 492 g/mol. The smallest absolute Gasteiger partial charge is 0.220 e. The van der Waals surface area contributed by atoms with Gasteiger partial charge in [-0.3, -0.25) is 4.79 Å². The fourth-order valence-corrected chi connectivity index (χ4v) is 4.18. The molecule has 1 aliphatic heterocycles. The first-order valence-electron chi connectivity index (χ1n) is 13.2. The maximum atomic E-state index is 11.9. The molecule has 1 amide bonds. The van der Waals surface area contributed by atoms with Crippen LogP contribution < -0.4 is 5.32 Å². The molecule has 0 bridgehead atoms. The van der Waals surface area contributed by atoms with Gasteiger partial charge in [0.05, 0.1) is 25.4 Å². The van der Waals surface area contributed by atoms with Gasteiger partial charge in [-0.25, -0.2) is 0 Å². The highest BCUT2D eigenvalue weighted by atomic mass is 16.7. The molecule has 1 saturated heterocycles. The molecule has 0 aromatic carbocycles. The molecule has 9 heteroatoms. The maximum absolute atomic E-state index is 11.9. The van der Waals surface area contributed by atoms with Gasteiger partial charge in [-0.1, -0.05) is 84.5 Å². The standard InChI is InChI=1S/C25H49NO8/c1-3-5-6-7-8-9-10-11-12-13-14-15-19(28)18(26-21(29)4-2)17-33-25-24(32)23(31)22(30)20(16-27)34-25/h18-20,22-25,27-28,30-32H,3-17H2,1-2H3,(H,26,29). The van der Waals surface area contributed by atoms with Crippen molar-refractivity contribution in [3.63, 3.8) is 0 Å². The van der Waals surface area contributed by atoms with Gasteiger partial charge in [-0.05, 0) is 6.42 Å². The number of amides is 1. The van der Waals surface area contributed by atoms with Crippen molar-refractivity contribution in [2.75, 3.05) is 13.2 Å². The van der Waals surface area contributed by atoms with Crippen LogP contribution >= 0.6 is 0 Å². The first-order valence-corrected chi connectivity index (χ1v) is 13.2. The summed E-state index contributed by atoms with van der Waals surface area (Å²) in [7, 11) is 0. The molecule has 7 atom stereocenters. The highest BCUT2D eigenvalue weighted by Gasteiger charge is 2.44. The van der Waals surface area contributed by atoms with Crippen molar-refractivity contribution in [1.29, 1.82) is 0 Å². The molecule has 1 fully saturated rings. The monoisotopic (exact) mass is 491 g/mol. The summed E-state index contributed by atoms with van der Waals surface area (Å²) < 4.78 is 10.9. The minimum Gasteiger partial charge on any atom is -0.394 e. The minimum atomic E-state index is -1.54. The normalized spacial score (nSPS) is 26.9. The molecule has 9 nitrogen and oxygen atoms in total. The van der Waals surface area contributed by atoms with Crippen LogP contribution in [0.15, 0.2) is 0 Å². The molecule has 1 aliphatic rings. The summed E-state index contributed by atoms with van der Waals surface area (Å²) >= 11 is 0. The molecule has 0 spiro atoms. The van der Waals surface area contributed by atoms with Crippen LogP contribution in [-0.2, 0) is 14.3 Å². The maximum Gasteiger partial charge on any atom is 0.220 e. The van der Waals surface area contributed by atoms with Crippen LogP contribution in [0.4, 0.5) is 0 Å². The van der Waals surface area contributed by atoms with Crippen LogP contribution in [0.1, 0.15) is 97.3 Å². The Hall–Kier alpha value is -0.810. The lowest BCUT2D eigenvalue weighted by Crippen LogP contribution is -2.60. The van der Waals surface area contributed by atoms with E-state index in [1.807, 2.05) is 0 Å². The fraction of sp³-hybridized carbons (Fsp3) is 0.960. The zero-order chi connectivity index (χ0) is 25.3. The number of hydrogen-bond donors (Lipinski definition) is 6. The van der Waals surface area contributed by atoms with Crippen molar-refractivity contribution in [2.24, 2.45) is 0 Å². The predicted octanol–water partition coefficient (Wildman–Crippen LogP) is 1.76. The Labute approximate surface area is 204 Å². The van der Waals surface area contributed by atoms with Crippen molar-refractivity contribution >= 4 is 5.91 Å². The molecule has 0 aromatic rings. The molecule has 1 heterocycles. The zero-order valence-corrected chi connectivity index (χ0v) is 21.1. The quantitative estimate of drug-likeness (QED) is 0.150. The first-order chi connectivity index (χ1) is 16.3. The van der Waals surface area contributed by atoms with E-state index in [0.717, 1.165) is 19.3 Å². The predicted molar refractivity (Wildman–Crippen MR) is 129 cm³/mol. The second-order valence-corrected chi connectivity index (χ2v) is 9.45. The highest BCUT2D eigenvalue weighted by Crippen LogP contribution is 2.22. The number of nitrogens with one attached hydrogen (secondary N) is 1. The first kappa shape index (κ1) is 31.2. The molecule has 0 aromatic heterocycles. The van der Waals surface area contributed by atoms with E-state index in [9.17, 15) is 30.3 Å². The summed E-state index contributed by atoms with van der Waals surface area (Å²) in [4.78, 5) is 11.9. The molecule has 202 valence electrons. The summed E-state index contributed by atoms with van der Waals surface area (Å²) in [5.41, 5.74) is 0. The van der Waals surface area contributed by atoms with E-state index in [2.05, 4.69) is 12.2 Å².